The number of carbonyl (C=O) groups is 3. The molecule has 0 saturated carbocycles. The van der Waals surface area contributed by atoms with Crippen LogP contribution in [0.2, 0.25) is 0 Å². The van der Waals surface area contributed by atoms with Gasteiger partial charge in [-0.05, 0) is 0 Å². The first-order chi connectivity index (χ1) is 7.50. The van der Waals surface area contributed by atoms with E-state index >= 15 is 0 Å². The Kier molecular flexibility index (Phi) is 3.92. The fraction of sp³-hybridized carbons (Fsp3) is 0.625. The SMILES string of the molecule is NC(=O)NCCNC(=O)N1CC(C(=O)O)C1. The van der Waals surface area contributed by atoms with Gasteiger partial charge in [0.1, 0.15) is 0 Å². The zero-order valence-corrected chi connectivity index (χ0v) is 8.60. The van der Waals surface area contributed by atoms with E-state index in [1.165, 1.54) is 4.90 Å². The molecule has 0 aliphatic carbocycles. The Balaban J connectivity index is 2.09. The Bertz CT molecular complexity index is 300. The average molecular weight is 230 g/mol. The van der Waals surface area contributed by atoms with Crippen LogP contribution in [-0.4, -0.2) is 54.2 Å². The highest BCUT2D eigenvalue weighted by molar-refractivity contribution is 5.79. The number of hydrogen-bond donors (Lipinski definition) is 4. The molecule has 1 aliphatic rings. The molecule has 1 rings (SSSR count). The number of carboxylic acid groups (broad SMARTS) is 1. The predicted molar refractivity (Wildman–Crippen MR) is 53.7 cm³/mol. The Morgan fingerprint density at radius 1 is 1.25 bits per heavy atom. The molecule has 8 heteroatoms. The van der Waals surface area contributed by atoms with E-state index in [0.29, 0.717) is 0 Å². The van der Waals surface area contributed by atoms with Crippen molar-refractivity contribution in [3.63, 3.8) is 0 Å². The minimum Gasteiger partial charge on any atom is -0.481 e. The number of nitrogens with zero attached hydrogens (tertiary/aromatic N) is 1. The van der Waals surface area contributed by atoms with Crippen molar-refractivity contribution in [3.8, 4) is 0 Å². The molecule has 4 amide bonds. The van der Waals surface area contributed by atoms with Crippen LogP contribution in [0.3, 0.4) is 0 Å². The molecule has 0 aromatic carbocycles. The highest BCUT2D eigenvalue weighted by Crippen LogP contribution is 2.14. The van der Waals surface area contributed by atoms with Crippen molar-refractivity contribution in [1.82, 2.24) is 15.5 Å². The third-order valence-electron chi connectivity index (χ3n) is 2.22. The van der Waals surface area contributed by atoms with Crippen molar-refractivity contribution in [1.29, 1.82) is 0 Å². The van der Waals surface area contributed by atoms with Crippen molar-refractivity contribution in [3.05, 3.63) is 0 Å². The predicted octanol–water partition coefficient (Wildman–Crippen LogP) is -1.62. The Morgan fingerprint density at radius 3 is 2.31 bits per heavy atom. The minimum absolute atomic E-state index is 0.227. The molecule has 0 bridgehead atoms. The number of urea groups is 2. The van der Waals surface area contributed by atoms with Gasteiger partial charge in [-0.2, -0.15) is 0 Å². The molecule has 90 valence electrons. The van der Waals surface area contributed by atoms with Gasteiger partial charge in [0, 0.05) is 26.2 Å². The van der Waals surface area contributed by atoms with Crippen molar-refractivity contribution in [2.75, 3.05) is 26.2 Å². The molecule has 1 heterocycles. The number of amides is 4. The zero-order valence-electron chi connectivity index (χ0n) is 8.60. The number of nitrogens with two attached hydrogens (primary N) is 1. The molecule has 0 aromatic heterocycles. The molecule has 16 heavy (non-hydrogen) atoms. The lowest BCUT2D eigenvalue weighted by molar-refractivity contribution is -0.146. The van der Waals surface area contributed by atoms with E-state index in [1.807, 2.05) is 0 Å². The molecule has 0 radical (unpaired) electrons. The van der Waals surface area contributed by atoms with Gasteiger partial charge in [0.15, 0.2) is 0 Å². The summed E-state index contributed by atoms with van der Waals surface area (Å²) in [4.78, 5) is 33.5. The summed E-state index contributed by atoms with van der Waals surface area (Å²) >= 11 is 0. The summed E-state index contributed by atoms with van der Waals surface area (Å²) in [7, 11) is 0. The maximum Gasteiger partial charge on any atom is 0.317 e. The molecule has 1 saturated heterocycles. The topological polar surface area (TPSA) is 125 Å². The van der Waals surface area contributed by atoms with Gasteiger partial charge < -0.3 is 26.4 Å². The smallest absolute Gasteiger partial charge is 0.317 e. The number of nitrogens with one attached hydrogen (secondary N) is 2. The molecule has 1 aliphatic heterocycles. The third kappa shape index (κ3) is 3.30. The Hall–Kier alpha value is -1.99. The molecule has 0 atom stereocenters. The van der Waals surface area contributed by atoms with Crippen LogP contribution >= 0.6 is 0 Å². The lowest BCUT2D eigenvalue weighted by Crippen LogP contribution is -2.56. The van der Waals surface area contributed by atoms with E-state index in [4.69, 9.17) is 10.8 Å². The Morgan fingerprint density at radius 2 is 1.81 bits per heavy atom. The number of carboxylic acids is 1. The zero-order chi connectivity index (χ0) is 12.1. The average Bonchev–Trinajstić information content (AvgIpc) is 2.08. The monoisotopic (exact) mass is 230 g/mol. The second-order valence-corrected chi connectivity index (χ2v) is 3.46. The molecular formula is C8H14N4O4. The van der Waals surface area contributed by atoms with E-state index in [9.17, 15) is 14.4 Å². The summed E-state index contributed by atoms with van der Waals surface area (Å²) < 4.78 is 0. The van der Waals surface area contributed by atoms with Crippen molar-refractivity contribution in [2.45, 2.75) is 0 Å². The normalized spacial score (nSPS) is 15.1. The summed E-state index contributed by atoms with van der Waals surface area (Å²) in [6.07, 6.45) is 0. The number of primary amides is 1. The number of carbonyl (C=O) groups excluding carboxylic acids is 2. The lowest BCUT2D eigenvalue weighted by atomic mass is 10.0. The van der Waals surface area contributed by atoms with Gasteiger partial charge in [-0.25, -0.2) is 9.59 Å². The van der Waals surface area contributed by atoms with Crippen molar-refractivity contribution in [2.24, 2.45) is 11.7 Å². The summed E-state index contributed by atoms with van der Waals surface area (Å²) in [5, 5.41) is 13.4. The van der Waals surface area contributed by atoms with Crippen LogP contribution in [-0.2, 0) is 4.79 Å². The van der Waals surface area contributed by atoms with Gasteiger partial charge in [-0.3, -0.25) is 4.79 Å². The molecule has 5 N–H and O–H groups in total. The van der Waals surface area contributed by atoms with E-state index < -0.39 is 17.9 Å². The van der Waals surface area contributed by atoms with Crippen LogP contribution in [0.4, 0.5) is 9.59 Å². The second-order valence-electron chi connectivity index (χ2n) is 3.46. The van der Waals surface area contributed by atoms with Crippen LogP contribution in [0.25, 0.3) is 0 Å². The largest absolute Gasteiger partial charge is 0.481 e. The quantitative estimate of drug-likeness (QED) is 0.433. The summed E-state index contributed by atoms with van der Waals surface area (Å²) in [6.45, 7) is 0.960. The Labute approximate surface area is 91.8 Å². The molecule has 0 unspecified atom stereocenters. The standard InChI is InChI=1S/C8H14N4O4/c9-7(15)10-1-2-11-8(16)12-3-5(4-12)6(13)14/h5H,1-4H2,(H,11,16)(H,13,14)(H3,9,10,15). The highest BCUT2D eigenvalue weighted by atomic mass is 16.4. The fourth-order valence-electron chi connectivity index (χ4n) is 1.27. The van der Waals surface area contributed by atoms with E-state index in [1.54, 1.807) is 0 Å². The van der Waals surface area contributed by atoms with Crippen LogP contribution in [0.1, 0.15) is 0 Å². The van der Waals surface area contributed by atoms with Gasteiger partial charge >= 0.3 is 18.0 Å². The van der Waals surface area contributed by atoms with Crippen molar-refractivity contribution >= 4 is 18.0 Å². The minimum atomic E-state index is -0.889. The van der Waals surface area contributed by atoms with E-state index in [2.05, 4.69) is 10.6 Å². The number of hydrogen-bond acceptors (Lipinski definition) is 3. The van der Waals surface area contributed by atoms with Crippen molar-refractivity contribution < 1.29 is 19.5 Å². The number of aliphatic carboxylic acids is 1. The first-order valence-electron chi connectivity index (χ1n) is 4.79. The van der Waals surface area contributed by atoms with Crippen LogP contribution < -0.4 is 16.4 Å². The highest BCUT2D eigenvalue weighted by Gasteiger charge is 2.35. The summed E-state index contributed by atoms with van der Waals surface area (Å²) in [6, 6.07) is -0.979. The number of likely N-dealkylation sites (tertiary alicyclic amines) is 1. The molecule has 8 nitrogen and oxygen atoms in total. The van der Waals surface area contributed by atoms with Gasteiger partial charge in [0.25, 0.3) is 0 Å². The molecule has 0 aromatic rings. The van der Waals surface area contributed by atoms with E-state index in [0.717, 1.165) is 0 Å². The molecular weight excluding hydrogens is 216 g/mol. The maximum absolute atomic E-state index is 11.3. The molecule has 1 fully saturated rings. The lowest BCUT2D eigenvalue weighted by Gasteiger charge is -2.36. The van der Waals surface area contributed by atoms with Gasteiger partial charge in [0.05, 0.1) is 5.92 Å². The van der Waals surface area contributed by atoms with Gasteiger partial charge in [-0.15, -0.1) is 0 Å². The fourth-order valence-corrected chi connectivity index (χ4v) is 1.27. The first-order valence-corrected chi connectivity index (χ1v) is 4.79. The summed E-state index contributed by atoms with van der Waals surface area (Å²) in [5.74, 6) is -1.35. The van der Waals surface area contributed by atoms with Crippen LogP contribution in [0.5, 0.6) is 0 Å². The maximum atomic E-state index is 11.3. The summed E-state index contributed by atoms with van der Waals surface area (Å²) in [5.41, 5.74) is 4.82. The number of rotatable bonds is 4. The first kappa shape index (κ1) is 12.1. The second kappa shape index (κ2) is 5.19. The van der Waals surface area contributed by atoms with Crippen LogP contribution in [0, 0.1) is 5.92 Å². The molecule has 0 spiro atoms. The third-order valence-corrected chi connectivity index (χ3v) is 2.22. The van der Waals surface area contributed by atoms with Crippen LogP contribution in [0.15, 0.2) is 0 Å². The van der Waals surface area contributed by atoms with Gasteiger partial charge in [-0.1, -0.05) is 0 Å². The van der Waals surface area contributed by atoms with Gasteiger partial charge in [0.2, 0.25) is 0 Å². The van der Waals surface area contributed by atoms with E-state index in [-0.39, 0.29) is 32.2 Å².